The molecule has 0 fully saturated rings. The number of hydrogen-bond donors (Lipinski definition) is 1. The van der Waals surface area contributed by atoms with Crippen LogP contribution >= 0.6 is 23.4 Å². The molecule has 0 saturated carbocycles. The number of aryl methyl sites for hydroxylation is 1. The van der Waals surface area contributed by atoms with E-state index in [-0.39, 0.29) is 17.0 Å². The van der Waals surface area contributed by atoms with Crippen molar-refractivity contribution in [3.8, 4) is 5.75 Å². The number of benzene rings is 2. The largest absolute Gasteiger partial charge is 0.495 e. The fourth-order valence-electron chi connectivity index (χ4n) is 2.09. The number of carbonyl (C=O) groups is 1. The molecule has 0 aromatic heterocycles. The molecule has 1 atom stereocenters. The summed E-state index contributed by atoms with van der Waals surface area (Å²) in [5, 5.41) is 3.14. The number of methoxy groups -OCH3 is 1. The minimum atomic E-state index is -0.297. The van der Waals surface area contributed by atoms with Gasteiger partial charge in [-0.2, -0.15) is 0 Å². The first-order valence-corrected chi connectivity index (χ1v) is 8.84. The van der Waals surface area contributed by atoms with Gasteiger partial charge in [-0.15, -0.1) is 11.8 Å². The molecule has 2 aromatic carbocycles. The van der Waals surface area contributed by atoms with E-state index in [0.717, 1.165) is 11.1 Å². The van der Waals surface area contributed by atoms with Crippen LogP contribution in [0.1, 0.15) is 18.1 Å². The summed E-state index contributed by atoms with van der Waals surface area (Å²) in [4.78, 5) is 12.4. The molecule has 0 aliphatic carbocycles. The highest BCUT2D eigenvalue weighted by atomic mass is 35.5. The summed E-state index contributed by atoms with van der Waals surface area (Å²) in [7, 11) is 1.53. The van der Waals surface area contributed by atoms with Crippen molar-refractivity contribution in [1.29, 1.82) is 0 Å². The summed E-state index contributed by atoms with van der Waals surface area (Å²) in [6.45, 7) is 3.67. The molecule has 1 N–H and O–H groups in total. The van der Waals surface area contributed by atoms with Crippen LogP contribution in [-0.4, -0.2) is 18.3 Å². The van der Waals surface area contributed by atoms with Gasteiger partial charge in [0.25, 0.3) is 0 Å². The van der Waals surface area contributed by atoms with Crippen LogP contribution in [0.4, 0.5) is 10.1 Å². The second-order valence-corrected chi connectivity index (χ2v) is 7.11. The minimum Gasteiger partial charge on any atom is -0.495 e. The molecule has 6 heteroatoms. The minimum absolute atomic E-state index is 0.142. The van der Waals surface area contributed by atoms with E-state index < -0.39 is 0 Å². The Hall–Kier alpha value is -1.72. The van der Waals surface area contributed by atoms with Crippen LogP contribution in [0.3, 0.4) is 0 Å². The van der Waals surface area contributed by atoms with E-state index >= 15 is 0 Å². The monoisotopic (exact) mass is 367 g/mol. The normalized spacial score (nSPS) is 11.9. The fourth-order valence-corrected chi connectivity index (χ4v) is 3.07. The molecule has 0 aliphatic rings. The molecule has 0 spiro atoms. The molecule has 0 heterocycles. The van der Waals surface area contributed by atoms with Gasteiger partial charge in [-0.05, 0) is 43.2 Å². The Morgan fingerprint density at radius 3 is 2.79 bits per heavy atom. The van der Waals surface area contributed by atoms with E-state index in [9.17, 15) is 9.18 Å². The van der Waals surface area contributed by atoms with Crippen LogP contribution in [0.5, 0.6) is 5.75 Å². The summed E-state index contributed by atoms with van der Waals surface area (Å²) in [5.74, 6) is 0.660. The van der Waals surface area contributed by atoms with E-state index in [0.29, 0.717) is 22.2 Å². The quantitative estimate of drug-likeness (QED) is 0.775. The van der Waals surface area contributed by atoms with Crippen molar-refractivity contribution in [2.24, 2.45) is 0 Å². The lowest BCUT2D eigenvalue weighted by molar-refractivity contribution is -0.115. The molecule has 0 saturated heterocycles. The molecule has 1 amide bonds. The van der Waals surface area contributed by atoms with Crippen LogP contribution < -0.4 is 10.1 Å². The third kappa shape index (κ3) is 4.89. The number of amides is 1. The first-order valence-electron chi connectivity index (χ1n) is 7.41. The highest BCUT2D eigenvalue weighted by Gasteiger charge is 2.16. The Kier molecular flexibility index (Phi) is 6.52. The summed E-state index contributed by atoms with van der Waals surface area (Å²) in [6.07, 6.45) is 0. The van der Waals surface area contributed by atoms with Crippen LogP contribution in [0.15, 0.2) is 36.4 Å². The number of ether oxygens (including phenoxy) is 1. The zero-order chi connectivity index (χ0) is 17.7. The zero-order valence-electron chi connectivity index (χ0n) is 13.7. The van der Waals surface area contributed by atoms with Crippen molar-refractivity contribution in [1.82, 2.24) is 0 Å². The van der Waals surface area contributed by atoms with E-state index in [1.54, 1.807) is 18.2 Å². The topological polar surface area (TPSA) is 38.3 Å². The Labute approximate surface area is 150 Å². The van der Waals surface area contributed by atoms with Gasteiger partial charge in [-0.25, -0.2) is 4.39 Å². The maximum atomic E-state index is 13.2. The predicted molar refractivity (Wildman–Crippen MR) is 98.5 cm³/mol. The van der Waals surface area contributed by atoms with Gasteiger partial charge in [0.05, 0.1) is 18.0 Å². The fraction of sp³-hybridized carbons (Fsp3) is 0.278. The lowest BCUT2D eigenvalue weighted by atomic mass is 10.2. The number of carbonyl (C=O) groups excluding carboxylic acids is 1. The maximum Gasteiger partial charge on any atom is 0.237 e. The van der Waals surface area contributed by atoms with E-state index in [2.05, 4.69) is 5.32 Å². The number of rotatable bonds is 6. The number of thioether (sulfide) groups is 1. The Morgan fingerprint density at radius 1 is 1.38 bits per heavy atom. The third-order valence-corrected chi connectivity index (χ3v) is 5.12. The maximum absolute atomic E-state index is 13.2. The van der Waals surface area contributed by atoms with Crippen LogP contribution in [0.2, 0.25) is 5.02 Å². The van der Waals surface area contributed by atoms with E-state index in [1.807, 2.05) is 19.9 Å². The van der Waals surface area contributed by atoms with Crippen molar-refractivity contribution < 1.29 is 13.9 Å². The molecule has 2 aromatic rings. The summed E-state index contributed by atoms with van der Waals surface area (Å²) in [6, 6.07) is 9.84. The van der Waals surface area contributed by atoms with Gasteiger partial charge >= 0.3 is 0 Å². The van der Waals surface area contributed by atoms with Crippen LogP contribution in [0, 0.1) is 12.7 Å². The molecule has 1 unspecified atom stereocenters. The molecule has 0 aliphatic heterocycles. The molecule has 0 bridgehead atoms. The molecule has 3 nitrogen and oxygen atoms in total. The lowest BCUT2D eigenvalue weighted by Crippen LogP contribution is -2.23. The van der Waals surface area contributed by atoms with Gasteiger partial charge in [0, 0.05) is 16.8 Å². The van der Waals surface area contributed by atoms with E-state index in [4.69, 9.17) is 16.3 Å². The second-order valence-electron chi connectivity index (χ2n) is 5.37. The van der Waals surface area contributed by atoms with Crippen molar-refractivity contribution >= 4 is 35.0 Å². The van der Waals surface area contributed by atoms with Crippen LogP contribution in [0.25, 0.3) is 0 Å². The second kappa shape index (κ2) is 8.40. The number of halogens is 2. The Bertz CT molecular complexity index is 739. The summed E-state index contributed by atoms with van der Waals surface area (Å²) in [5.41, 5.74) is 2.29. The molecule has 0 radical (unpaired) electrons. The number of anilines is 1. The molecular weight excluding hydrogens is 349 g/mol. The van der Waals surface area contributed by atoms with Gasteiger partial charge in [0.1, 0.15) is 11.6 Å². The summed E-state index contributed by atoms with van der Waals surface area (Å²) < 4.78 is 18.4. The lowest BCUT2D eigenvalue weighted by Gasteiger charge is -2.15. The van der Waals surface area contributed by atoms with Gasteiger partial charge in [0.2, 0.25) is 5.91 Å². The number of nitrogens with one attached hydrogen (secondary N) is 1. The average molecular weight is 368 g/mol. The average Bonchev–Trinajstić information content (AvgIpc) is 2.55. The van der Waals surface area contributed by atoms with Gasteiger partial charge in [-0.3, -0.25) is 4.79 Å². The Morgan fingerprint density at radius 2 is 2.12 bits per heavy atom. The van der Waals surface area contributed by atoms with Gasteiger partial charge < -0.3 is 10.1 Å². The van der Waals surface area contributed by atoms with Crippen molar-refractivity contribution in [3.05, 3.63) is 58.4 Å². The predicted octanol–water partition coefficient (Wildman–Crippen LogP) is 5.06. The standard InChI is InChI=1S/C18H19ClFNO2S/c1-11-7-16(17(23-3)9-15(11)19)21-18(22)12(2)24-10-13-5-4-6-14(20)8-13/h4-9,12H,10H2,1-3H3,(H,21,22). The molecule has 24 heavy (non-hydrogen) atoms. The van der Waals surface area contributed by atoms with Gasteiger partial charge in [-0.1, -0.05) is 23.7 Å². The first-order chi connectivity index (χ1) is 11.4. The first kappa shape index (κ1) is 18.6. The highest BCUT2D eigenvalue weighted by Crippen LogP contribution is 2.31. The SMILES string of the molecule is COc1cc(Cl)c(C)cc1NC(=O)C(C)SCc1cccc(F)c1. The smallest absolute Gasteiger partial charge is 0.237 e. The third-order valence-electron chi connectivity index (χ3n) is 3.50. The molecule has 128 valence electrons. The van der Waals surface area contributed by atoms with Crippen LogP contribution in [-0.2, 0) is 10.5 Å². The highest BCUT2D eigenvalue weighted by molar-refractivity contribution is 7.99. The summed E-state index contributed by atoms with van der Waals surface area (Å²) >= 11 is 7.51. The van der Waals surface area contributed by atoms with Gasteiger partial charge in [0.15, 0.2) is 0 Å². The van der Waals surface area contributed by atoms with Crippen molar-refractivity contribution in [2.75, 3.05) is 12.4 Å². The molecular formula is C18H19ClFNO2S. The van der Waals surface area contributed by atoms with E-state index in [1.165, 1.54) is 31.0 Å². The van der Waals surface area contributed by atoms with Crippen molar-refractivity contribution in [2.45, 2.75) is 24.9 Å². The Balaban J connectivity index is 2.00. The van der Waals surface area contributed by atoms with Crippen molar-refractivity contribution in [3.63, 3.8) is 0 Å². The molecule has 2 rings (SSSR count). The zero-order valence-corrected chi connectivity index (χ0v) is 15.3. The number of hydrogen-bond acceptors (Lipinski definition) is 3.